The van der Waals surface area contributed by atoms with Crippen molar-refractivity contribution in [2.75, 3.05) is 5.73 Å². The maximum atomic E-state index is 11.9. The van der Waals surface area contributed by atoms with Gasteiger partial charge in [0.1, 0.15) is 0 Å². The highest BCUT2D eigenvalue weighted by Crippen LogP contribution is 2.22. The Morgan fingerprint density at radius 2 is 2.06 bits per heavy atom. The fourth-order valence-electron chi connectivity index (χ4n) is 1.08. The van der Waals surface area contributed by atoms with Gasteiger partial charge in [-0.1, -0.05) is 5.16 Å². The summed E-state index contributed by atoms with van der Waals surface area (Å²) < 4.78 is 40.5. The van der Waals surface area contributed by atoms with Crippen molar-refractivity contribution in [3.05, 3.63) is 5.82 Å². The van der Waals surface area contributed by atoms with E-state index in [0.29, 0.717) is 0 Å². The molecule has 0 aliphatic rings. The second kappa shape index (κ2) is 4.03. The van der Waals surface area contributed by atoms with E-state index in [1.165, 1.54) is 0 Å². The van der Waals surface area contributed by atoms with Gasteiger partial charge in [-0.3, -0.25) is 5.10 Å². The SMILES string of the molecule is Nc1n[nH]c(-c2nc(CCC(F)(F)F)no2)n1. The summed E-state index contributed by atoms with van der Waals surface area (Å²) in [5, 5.41) is 9.31. The summed E-state index contributed by atoms with van der Waals surface area (Å²) in [6.45, 7) is 0. The van der Waals surface area contributed by atoms with Gasteiger partial charge in [-0.25, -0.2) is 0 Å². The van der Waals surface area contributed by atoms with Gasteiger partial charge in [0.15, 0.2) is 5.82 Å². The lowest BCUT2D eigenvalue weighted by atomic mass is 10.3. The number of rotatable bonds is 3. The Balaban J connectivity index is 2.06. The first kappa shape index (κ1) is 11.4. The Bertz CT molecular complexity index is 504. The summed E-state index contributed by atoms with van der Waals surface area (Å²) in [6, 6.07) is 0. The molecule has 7 nitrogen and oxygen atoms in total. The fourth-order valence-corrected chi connectivity index (χ4v) is 1.08. The molecule has 0 aliphatic carbocycles. The predicted molar refractivity (Wildman–Crippen MR) is 48.5 cm³/mol. The number of hydrogen-bond donors (Lipinski definition) is 2. The zero-order chi connectivity index (χ0) is 12.5. The number of aryl methyl sites for hydroxylation is 1. The first-order valence-electron chi connectivity index (χ1n) is 4.51. The summed E-state index contributed by atoms with van der Waals surface area (Å²) >= 11 is 0. The molecule has 0 amide bonds. The van der Waals surface area contributed by atoms with Crippen LogP contribution in [0.2, 0.25) is 0 Å². The number of hydrogen-bond acceptors (Lipinski definition) is 6. The van der Waals surface area contributed by atoms with Gasteiger partial charge in [0.2, 0.25) is 11.8 Å². The van der Waals surface area contributed by atoms with Crippen molar-refractivity contribution in [2.45, 2.75) is 19.0 Å². The van der Waals surface area contributed by atoms with Crippen LogP contribution in [-0.2, 0) is 6.42 Å². The number of aromatic amines is 1. The Morgan fingerprint density at radius 3 is 2.65 bits per heavy atom. The van der Waals surface area contributed by atoms with Gasteiger partial charge in [-0.2, -0.15) is 23.1 Å². The van der Waals surface area contributed by atoms with E-state index < -0.39 is 12.6 Å². The molecular weight excluding hydrogens is 241 g/mol. The van der Waals surface area contributed by atoms with Crippen LogP contribution in [0.4, 0.5) is 19.1 Å². The average Bonchev–Trinajstić information content (AvgIpc) is 2.81. The van der Waals surface area contributed by atoms with Crippen LogP contribution < -0.4 is 5.73 Å². The first-order chi connectivity index (χ1) is 7.94. The van der Waals surface area contributed by atoms with E-state index in [9.17, 15) is 13.2 Å². The molecule has 0 saturated heterocycles. The number of nitrogen functional groups attached to an aromatic ring is 1. The number of nitrogens with two attached hydrogens (primary N) is 1. The molecule has 3 N–H and O–H groups in total. The molecule has 10 heteroatoms. The van der Waals surface area contributed by atoms with Crippen LogP contribution in [0.1, 0.15) is 12.2 Å². The number of alkyl halides is 3. The lowest BCUT2D eigenvalue weighted by Gasteiger charge is -2.01. The van der Waals surface area contributed by atoms with Crippen molar-refractivity contribution in [1.29, 1.82) is 0 Å². The van der Waals surface area contributed by atoms with Gasteiger partial charge in [0.05, 0.1) is 6.42 Å². The monoisotopic (exact) mass is 248 g/mol. The second-order valence-electron chi connectivity index (χ2n) is 3.17. The smallest absolute Gasteiger partial charge is 0.366 e. The van der Waals surface area contributed by atoms with Crippen LogP contribution >= 0.6 is 0 Å². The van der Waals surface area contributed by atoms with Crippen LogP contribution in [0.15, 0.2) is 4.52 Å². The largest absolute Gasteiger partial charge is 0.389 e. The van der Waals surface area contributed by atoms with E-state index in [1.807, 2.05) is 0 Å². The summed E-state index contributed by atoms with van der Waals surface area (Å²) in [5.41, 5.74) is 5.25. The van der Waals surface area contributed by atoms with Crippen molar-refractivity contribution >= 4 is 5.95 Å². The van der Waals surface area contributed by atoms with Crippen molar-refractivity contribution in [3.8, 4) is 11.7 Å². The molecule has 0 aromatic carbocycles. The van der Waals surface area contributed by atoms with E-state index in [-0.39, 0.29) is 29.9 Å². The zero-order valence-corrected chi connectivity index (χ0v) is 8.32. The lowest BCUT2D eigenvalue weighted by molar-refractivity contribution is -0.134. The molecule has 0 fully saturated rings. The van der Waals surface area contributed by atoms with Gasteiger partial charge in [0.25, 0.3) is 5.89 Å². The minimum Gasteiger partial charge on any atom is -0.366 e. The summed E-state index contributed by atoms with van der Waals surface area (Å²) in [6.07, 6.45) is -5.61. The van der Waals surface area contributed by atoms with Gasteiger partial charge < -0.3 is 10.3 Å². The van der Waals surface area contributed by atoms with Gasteiger partial charge >= 0.3 is 6.18 Å². The Labute approximate surface area is 92.2 Å². The quantitative estimate of drug-likeness (QED) is 0.836. The fraction of sp³-hybridized carbons (Fsp3) is 0.429. The molecule has 92 valence electrons. The summed E-state index contributed by atoms with van der Waals surface area (Å²) in [7, 11) is 0. The lowest BCUT2D eigenvalue weighted by Crippen LogP contribution is -2.09. The molecule has 2 heterocycles. The summed E-state index contributed by atoms with van der Waals surface area (Å²) in [5.74, 6) is 0.00183. The molecule has 0 radical (unpaired) electrons. The van der Waals surface area contributed by atoms with E-state index in [4.69, 9.17) is 10.3 Å². The summed E-state index contributed by atoms with van der Waals surface area (Å²) in [4.78, 5) is 7.43. The molecule has 17 heavy (non-hydrogen) atoms. The Morgan fingerprint density at radius 1 is 1.29 bits per heavy atom. The van der Waals surface area contributed by atoms with Crippen LogP contribution in [0.3, 0.4) is 0 Å². The van der Waals surface area contributed by atoms with Crippen molar-refractivity contribution in [1.82, 2.24) is 25.3 Å². The van der Waals surface area contributed by atoms with Gasteiger partial charge in [0, 0.05) is 6.42 Å². The predicted octanol–water partition coefficient (Wildman–Crippen LogP) is 0.932. The first-order valence-corrected chi connectivity index (χ1v) is 4.51. The van der Waals surface area contributed by atoms with E-state index in [1.54, 1.807) is 0 Å². The molecule has 2 aromatic rings. The molecule has 2 aromatic heterocycles. The third-order valence-corrected chi connectivity index (χ3v) is 1.81. The van der Waals surface area contributed by atoms with Crippen molar-refractivity contribution in [2.24, 2.45) is 0 Å². The third kappa shape index (κ3) is 2.92. The van der Waals surface area contributed by atoms with Crippen LogP contribution in [0, 0.1) is 0 Å². The van der Waals surface area contributed by atoms with E-state index >= 15 is 0 Å². The topological polar surface area (TPSA) is 107 Å². The number of nitrogens with one attached hydrogen (secondary N) is 1. The minimum absolute atomic E-state index is 0.0185. The Hall–Kier alpha value is -2.13. The molecule has 0 atom stereocenters. The highest BCUT2D eigenvalue weighted by Gasteiger charge is 2.27. The van der Waals surface area contributed by atoms with E-state index in [2.05, 4.69) is 25.3 Å². The van der Waals surface area contributed by atoms with Crippen molar-refractivity contribution in [3.63, 3.8) is 0 Å². The van der Waals surface area contributed by atoms with Crippen molar-refractivity contribution < 1.29 is 17.7 Å². The number of aromatic nitrogens is 5. The van der Waals surface area contributed by atoms with Gasteiger partial charge in [-0.05, 0) is 0 Å². The van der Waals surface area contributed by atoms with Crippen LogP contribution in [-0.4, -0.2) is 31.5 Å². The molecule has 2 rings (SSSR count). The molecule has 0 saturated carbocycles. The normalized spacial score (nSPS) is 11.9. The molecular formula is C7H7F3N6O. The average molecular weight is 248 g/mol. The second-order valence-corrected chi connectivity index (χ2v) is 3.17. The van der Waals surface area contributed by atoms with Crippen LogP contribution in [0.5, 0.6) is 0 Å². The number of nitrogens with zero attached hydrogens (tertiary/aromatic N) is 4. The molecule has 0 aliphatic heterocycles. The molecule has 0 bridgehead atoms. The van der Waals surface area contributed by atoms with Gasteiger partial charge in [-0.15, -0.1) is 5.10 Å². The number of halogens is 3. The number of H-pyrrole nitrogens is 1. The van der Waals surface area contributed by atoms with Crippen LogP contribution in [0.25, 0.3) is 11.7 Å². The third-order valence-electron chi connectivity index (χ3n) is 1.81. The maximum Gasteiger partial charge on any atom is 0.389 e. The molecule has 0 unspecified atom stereocenters. The van der Waals surface area contributed by atoms with E-state index in [0.717, 1.165) is 0 Å². The Kier molecular flexibility index (Phi) is 2.69. The highest BCUT2D eigenvalue weighted by atomic mass is 19.4. The number of anilines is 1. The highest BCUT2D eigenvalue weighted by molar-refractivity contribution is 5.41. The maximum absolute atomic E-state index is 11.9. The molecule has 0 spiro atoms. The zero-order valence-electron chi connectivity index (χ0n) is 8.32. The standard InChI is InChI=1S/C7H7F3N6O/c8-7(9,10)2-1-3-12-5(17-16-3)4-13-6(11)15-14-4/h1-2H2,(H3,11,13,14,15). The minimum atomic E-state index is -4.25.